The Labute approximate surface area is 230 Å². The first kappa shape index (κ1) is 27.7. The third kappa shape index (κ3) is 6.21. The second-order valence-corrected chi connectivity index (χ2v) is 17.3. The smallest absolute Gasteiger partial charge is 0.250 e. The molecule has 0 atom stereocenters. The maximum absolute atomic E-state index is 6.69. The Morgan fingerprint density at radius 3 is 2.59 bits per heavy atom. The van der Waals surface area contributed by atoms with Crippen LogP contribution in [0.4, 0.5) is 11.4 Å². The number of halogens is 1. The summed E-state index contributed by atoms with van der Waals surface area (Å²) >= 11 is 3.60. The number of nitrogens with zero attached hydrogens (tertiary/aromatic N) is 4. The molecule has 1 aliphatic rings. The maximum atomic E-state index is 6.69. The number of hydrogen-bond donors (Lipinski definition) is 2. The van der Waals surface area contributed by atoms with Crippen LogP contribution in [-0.2, 0) is 6.42 Å². The van der Waals surface area contributed by atoms with Gasteiger partial charge in [-0.25, -0.2) is 9.51 Å². The predicted molar refractivity (Wildman–Crippen MR) is 161 cm³/mol. The molecule has 0 unspecified atom stereocenters. The van der Waals surface area contributed by atoms with Crippen molar-refractivity contribution in [1.29, 1.82) is 0 Å². The highest BCUT2D eigenvalue weighted by Crippen LogP contribution is 2.38. The van der Waals surface area contributed by atoms with E-state index in [1.165, 1.54) is 0 Å². The first-order valence-electron chi connectivity index (χ1n) is 13.2. The molecular formula is C28H41BrN6OSi. The van der Waals surface area contributed by atoms with Crippen molar-refractivity contribution in [2.75, 3.05) is 25.5 Å². The number of fused-ring (bicyclic) bond motifs is 1. The van der Waals surface area contributed by atoms with Crippen molar-refractivity contribution in [1.82, 2.24) is 14.5 Å². The SMILES string of the molecule is CCc1cc(O[Si](C)(C)C(C)(C)C)ccc1N=C(N)c1cnn2cc(Br)cc2c1NC1CCN(C)CC1. The summed E-state index contributed by atoms with van der Waals surface area (Å²) < 4.78 is 9.40. The summed E-state index contributed by atoms with van der Waals surface area (Å²) in [4.78, 5) is 7.28. The minimum atomic E-state index is -1.93. The second kappa shape index (κ2) is 10.8. The van der Waals surface area contributed by atoms with Gasteiger partial charge >= 0.3 is 0 Å². The zero-order valence-corrected chi connectivity index (χ0v) is 25.8. The number of anilines is 1. The van der Waals surface area contributed by atoms with E-state index in [-0.39, 0.29) is 5.04 Å². The van der Waals surface area contributed by atoms with Crippen molar-refractivity contribution >= 4 is 47.0 Å². The van der Waals surface area contributed by atoms with Gasteiger partial charge in [0.2, 0.25) is 8.32 Å². The van der Waals surface area contributed by atoms with Crippen molar-refractivity contribution in [3.8, 4) is 5.75 Å². The Hall–Kier alpha value is -2.36. The fraction of sp³-hybridized carbons (Fsp3) is 0.500. The zero-order chi connectivity index (χ0) is 27.0. The molecule has 1 aliphatic heterocycles. The highest BCUT2D eigenvalue weighted by atomic mass is 79.9. The maximum Gasteiger partial charge on any atom is 0.250 e. The fourth-order valence-electron chi connectivity index (χ4n) is 4.38. The highest BCUT2D eigenvalue weighted by molar-refractivity contribution is 9.10. The van der Waals surface area contributed by atoms with E-state index in [1.807, 2.05) is 29.0 Å². The van der Waals surface area contributed by atoms with E-state index in [0.29, 0.717) is 11.9 Å². The van der Waals surface area contributed by atoms with Gasteiger partial charge in [-0.05, 0) is 103 Å². The molecule has 3 N–H and O–H groups in total. The second-order valence-electron chi connectivity index (χ2n) is 11.6. The van der Waals surface area contributed by atoms with Gasteiger partial charge < -0.3 is 20.4 Å². The molecule has 3 heterocycles. The van der Waals surface area contributed by atoms with Gasteiger partial charge in [0.15, 0.2) is 0 Å². The van der Waals surface area contributed by atoms with Gasteiger partial charge in [-0.15, -0.1) is 0 Å². The molecule has 7 nitrogen and oxygen atoms in total. The molecule has 0 radical (unpaired) electrons. The fourth-order valence-corrected chi connectivity index (χ4v) is 5.82. The summed E-state index contributed by atoms with van der Waals surface area (Å²) in [5.74, 6) is 1.36. The lowest BCUT2D eigenvalue weighted by atomic mass is 10.0. The van der Waals surface area contributed by atoms with Crippen LogP contribution < -0.4 is 15.5 Å². The lowest BCUT2D eigenvalue weighted by Gasteiger charge is -2.36. The van der Waals surface area contributed by atoms with E-state index >= 15 is 0 Å². The van der Waals surface area contributed by atoms with E-state index in [0.717, 1.165) is 70.6 Å². The largest absolute Gasteiger partial charge is 0.543 e. The number of hydrogen-bond acceptors (Lipinski definition) is 5. The normalized spacial score (nSPS) is 16.4. The summed E-state index contributed by atoms with van der Waals surface area (Å²) in [5.41, 5.74) is 11.5. The number of aromatic nitrogens is 2. The zero-order valence-electron chi connectivity index (χ0n) is 23.2. The van der Waals surface area contributed by atoms with Crippen LogP contribution >= 0.6 is 15.9 Å². The summed E-state index contributed by atoms with van der Waals surface area (Å²) in [6.45, 7) is 15.6. The summed E-state index contributed by atoms with van der Waals surface area (Å²) in [7, 11) is 0.248. The number of amidine groups is 1. The Balaban J connectivity index is 1.69. The number of piperidine rings is 1. The molecule has 1 aromatic carbocycles. The van der Waals surface area contributed by atoms with Crippen LogP contribution in [0.3, 0.4) is 0 Å². The average molecular weight is 586 g/mol. The van der Waals surface area contributed by atoms with Crippen molar-refractivity contribution in [3.63, 3.8) is 0 Å². The van der Waals surface area contributed by atoms with Gasteiger partial charge in [0, 0.05) is 16.7 Å². The topological polar surface area (TPSA) is 80.2 Å². The number of benzene rings is 1. The summed E-state index contributed by atoms with van der Waals surface area (Å²) in [5, 5.41) is 8.53. The van der Waals surface area contributed by atoms with Crippen LogP contribution in [0.5, 0.6) is 5.75 Å². The predicted octanol–water partition coefficient (Wildman–Crippen LogP) is 6.59. The van der Waals surface area contributed by atoms with Crippen molar-refractivity contribution in [2.45, 2.75) is 71.1 Å². The monoisotopic (exact) mass is 584 g/mol. The molecule has 0 saturated carbocycles. The summed E-state index contributed by atoms with van der Waals surface area (Å²) in [6, 6.07) is 8.62. The molecule has 0 amide bonds. The molecule has 0 bridgehead atoms. The highest BCUT2D eigenvalue weighted by Gasteiger charge is 2.39. The average Bonchev–Trinajstić information content (AvgIpc) is 3.21. The first-order chi connectivity index (χ1) is 17.4. The van der Waals surface area contributed by atoms with E-state index in [2.05, 4.69) is 91.2 Å². The number of rotatable bonds is 7. The van der Waals surface area contributed by atoms with Gasteiger partial charge in [0.1, 0.15) is 11.6 Å². The number of aliphatic imine (C=N–C) groups is 1. The lowest BCUT2D eigenvalue weighted by Crippen LogP contribution is -2.43. The Bertz CT molecular complexity index is 1290. The lowest BCUT2D eigenvalue weighted by molar-refractivity contribution is 0.264. The molecule has 2 aromatic heterocycles. The minimum absolute atomic E-state index is 0.136. The molecular weight excluding hydrogens is 544 g/mol. The number of nitrogens with two attached hydrogens (primary N) is 1. The van der Waals surface area contributed by atoms with Crippen molar-refractivity contribution in [2.24, 2.45) is 10.7 Å². The van der Waals surface area contributed by atoms with Crippen LogP contribution in [0.1, 0.15) is 51.7 Å². The number of nitrogens with one attached hydrogen (secondary N) is 1. The Morgan fingerprint density at radius 2 is 1.95 bits per heavy atom. The van der Waals surface area contributed by atoms with E-state index in [9.17, 15) is 0 Å². The molecule has 200 valence electrons. The molecule has 9 heteroatoms. The minimum Gasteiger partial charge on any atom is -0.543 e. The molecule has 4 rings (SSSR count). The molecule has 1 fully saturated rings. The molecule has 3 aromatic rings. The van der Waals surface area contributed by atoms with Crippen LogP contribution in [0.15, 0.2) is 46.1 Å². The van der Waals surface area contributed by atoms with Crippen LogP contribution in [0.25, 0.3) is 5.52 Å². The number of likely N-dealkylation sites (tertiary alicyclic amines) is 1. The summed E-state index contributed by atoms with van der Waals surface area (Å²) in [6.07, 6.45) is 6.78. The standard InChI is InChI=1S/C28H41BrN6OSi/c1-8-19-15-22(36-37(6,7)28(2,3)4)9-10-24(19)33-27(30)23-17-31-35-18-20(29)16-25(35)26(23)32-21-11-13-34(5)14-12-21/h9-10,15-18,21,32H,8,11-14H2,1-7H3,(H2,30,33). The van der Waals surface area contributed by atoms with E-state index in [1.54, 1.807) is 0 Å². The van der Waals surface area contributed by atoms with Crippen molar-refractivity contribution in [3.05, 3.63) is 52.3 Å². The first-order valence-corrected chi connectivity index (χ1v) is 16.9. The molecule has 0 aliphatic carbocycles. The third-order valence-electron chi connectivity index (χ3n) is 7.80. The quantitative estimate of drug-likeness (QED) is 0.186. The Kier molecular flexibility index (Phi) is 8.06. The van der Waals surface area contributed by atoms with Gasteiger partial charge in [-0.3, -0.25) is 0 Å². The third-order valence-corrected chi connectivity index (χ3v) is 12.6. The van der Waals surface area contributed by atoms with Gasteiger partial charge in [0.25, 0.3) is 0 Å². The van der Waals surface area contributed by atoms with E-state index in [4.69, 9.17) is 15.2 Å². The van der Waals surface area contributed by atoms with Crippen molar-refractivity contribution < 1.29 is 4.43 Å². The van der Waals surface area contributed by atoms with Gasteiger partial charge in [0.05, 0.1) is 28.7 Å². The molecule has 37 heavy (non-hydrogen) atoms. The molecule has 1 saturated heterocycles. The molecule has 0 spiro atoms. The van der Waals surface area contributed by atoms with Crippen LogP contribution in [-0.4, -0.2) is 54.8 Å². The number of aryl methyl sites for hydroxylation is 1. The van der Waals surface area contributed by atoms with Gasteiger partial charge in [-0.1, -0.05) is 27.7 Å². The Morgan fingerprint density at radius 1 is 1.24 bits per heavy atom. The van der Waals surface area contributed by atoms with Crippen LogP contribution in [0, 0.1) is 0 Å². The van der Waals surface area contributed by atoms with Gasteiger partial charge in [-0.2, -0.15) is 5.10 Å². The van der Waals surface area contributed by atoms with E-state index < -0.39 is 8.32 Å². The van der Waals surface area contributed by atoms with Crippen LogP contribution in [0.2, 0.25) is 18.1 Å².